The summed E-state index contributed by atoms with van der Waals surface area (Å²) in [4.78, 5) is 12.5. The molecule has 2 aliphatic rings. The normalized spacial score (nSPS) is 14.4. The van der Waals surface area contributed by atoms with Crippen molar-refractivity contribution < 1.29 is 0 Å². The lowest BCUT2D eigenvalue weighted by Crippen LogP contribution is -2.15. The van der Waals surface area contributed by atoms with Crippen LogP contribution >= 0.6 is 0 Å². The fourth-order valence-electron chi connectivity index (χ4n) is 9.94. The number of fused-ring (bicyclic) bond motifs is 11. The quantitative estimate of drug-likeness (QED) is 0.168. The third-order valence-corrected chi connectivity index (χ3v) is 13.1. The molecule has 0 saturated heterocycles. The summed E-state index contributed by atoms with van der Waals surface area (Å²) in [6, 6.07) is 58.8. The van der Waals surface area contributed by atoms with Gasteiger partial charge in [0.2, 0.25) is 0 Å². The number of hydrogen-bond donors (Lipinski definition) is 0. The summed E-state index contributed by atoms with van der Waals surface area (Å²) in [5, 5.41) is 14.3. The van der Waals surface area contributed by atoms with Gasteiger partial charge in [-0.15, -0.1) is 10.2 Å². The first kappa shape index (κ1) is 33.9. The van der Waals surface area contributed by atoms with Crippen LogP contribution < -0.4 is 0 Å². The summed E-state index contributed by atoms with van der Waals surface area (Å²) in [6.07, 6.45) is 0. The maximum atomic E-state index is 5.37. The minimum atomic E-state index is -0.125. The number of benzene rings is 8. The second kappa shape index (κ2) is 12.1. The summed E-state index contributed by atoms with van der Waals surface area (Å²) < 4.78 is 0. The van der Waals surface area contributed by atoms with Gasteiger partial charge in [0.1, 0.15) is 11.0 Å². The Kier molecular flexibility index (Phi) is 6.97. The van der Waals surface area contributed by atoms with E-state index in [4.69, 9.17) is 20.2 Å². The Hall–Kier alpha value is -7.24. The van der Waals surface area contributed by atoms with Gasteiger partial charge in [-0.1, -0.05) is 149 Å². The molecular formula is C54H39N5. The smallest absolute Gasteiger partial charge is 0.160 e. The van der Waals surface area contributed by atoms with Gasteiger partial charge in [-0.25, -0.2) is 9.97 Å². The summed E-state index contributed by atoms with van der Waals surface area (Å²) >= 11 is 0. The molecule has 0 aliphatic heterocycles. The zero-order chi connectivity index (χ0) is 39.6. The molecule has 0 bridgehead atoms. The van der Waals surface area contributed by atoms with Crippen LogP contribution in [0.25, 0.3) is 94.4 Å². The van der Waals surface area contributed by atoms with Gasteiger partial charge in [0.25, 0.3) is 0 Å². The van der Waals surface area contributed by atoms with Crippen molar-refractivity contribution in [3.05, 3.63) is 186 Å². The number of rotatable bonds is 4. The van der Waals surface area contributed by atoms with E-state index in [0.717, 1.165) is 66.3 Å². The lowest BCUT2D eigenvalue weighted by Gasteiger charge is -2.22. The van der Waals surface area contributed by atoms with Crippen LogP contribution in [0.4, 0.5) is 0 Å². The van der Waals surface area contributed by atoms with Crippen LogP contribution in [0.2, 0.25) is 0 Å². The number of para-hydroxylation sites is 1. The van der Waals surface area contributed by atoms with Crippen molar-refractivity contribution in [2.75, 3.05) is 0 Å². The summed E-state index contributed by atoms with van der Waals surface area (Å²) in [5.74, 6) is 0.693. The molecule has 5 nitrogen and oxygen atoms in total. The van der Waals surface area contributed by atoms with E-state index in [2.05, 4.69) is 161 Å². The SMILES string of the molecule is CC1(C)c2ccccc2-c2ccc(-c3cc(-c4ccc5c(c4)C(C)(C)c4ccccc4-5)nc(-c4ccc5c(ccc6ccc7nn(-c8ccccc8)nc7c65)c4)n3)cc21. The molecule has 5 heteroatoms. The zero-order valence-corrected chi connectivity index (χ0v) is 33.3. The second-order valence-electron chi connectivity index (χ2n) is 17.2. The fraction of sp³-hybridized carbons (Fsp3) is 0.111. The Bertz CT molecular complexity index is 3270. The Morgan fingerprint density at radius 1 is 0.424 bits per heavy atom. The molecule has 0 fully saturated rings. The van der Waals surface area contributed by atoms with Crippen molar-refractivity contribution >= 4 is 32.6 Å². The van der Waals surface area contributed by atoms with Crippen molar-refractivity contribution in [1.82, 2.24) is 25.0 Å². The molecule has 0 saturated carbocycles. The van der Waals surface area contributed by atoms with Crippen LogP contribution in [-0.2, 0) is 10.8 Å². The van der Waals surface area contributed by atoms with Crippen LogP contribution in [-0.4, -0.2) is 25.0 Å². The Balaban J connectivity index is 1.03. The average molecular weight is 758 g/mol. The Morgan fingerprint density at radius 3 is 1.61 bits per heavy atom. The molecule has 0 unspecified atom stereocenters. The fourth-order valence-corrected chi connectivity index (χ4v) is 9.94. The maximum absolute atomic E-state index is 5.37. The predicted molar refractivity (Wildman–Crippen MR) is 241 cm³/mol. The number of nitrogens with zero attached hydrogens (tertiary/aromatic N) is 5. The van der Waals surface area contributed by atoms with Crippen LogP contribution in [0.3, 0.4) is 0 Å². The Labute approximate surface area is 342 Å². The molecule has 2 heterocycles. The number of aromatic nitrogens is 5. The van der Waals surface area contributed by atoms with Crippen molar-refractivity contribution in [3.8, 4) is 61.8 Å². The van der Waals surface area contributed by atoms with E-state index in [0.29, 0.717) is 5.82 Å². The lowest BCUT2D eigenvalue weighted by molar-refractivity contribution is 0.660. The standard InChI is InChI=1S/C54H39N5/c1-53(2)43-16-10-8-14-39(43)41-25-20-34(29-45(41)53)48-31-49(35-21-26-42-40-15-9-11-17-44(40)54(3,4)46(42)30-35)56-52(55-48)36-22-24-38-33(28-36)19-18-32-23-27-47-51(50(32)38)58-59(57-47)37-12-6-5-7-13-37/h5-31H,1-4H3. The molecule has 2 aliphatic carbocycles. The van der Waals surface area contributed by atoms with Crippen molar-refractivity contribution in [3.63, 3.8) is 0 Å². The van der Waals surface area contributed by atoms with E-state index < -0.39 is 0 Å². The van der Waals surface area contributed by atoms with Gasteiger partial charge in [0.15, 0.2) is 5.82 Å². The predicted octanol–water partition coefficient (Wildman–Crippen LogP) is 13.1. The molecule has 0 atom stereocenters. The Morgan fingerprint density at radius 2 is 0.966 bits per heavy atom. The monoisotopic (exact) mass is 757 g/mol. The van der Waals surface area contributed by atoms with E-state index >= 15 is 0 Å². The van der Waals surface area contributed by atoms with E-state index in [9.17, 15) is 0 Å². The molecule has 10 aromatic rings. The second-order valence-corrected chi connectivity index (χ2v) is 17.2. The summed E-state index contributed by atoms with van der Waals surface area (Å²) in [5.41, 5.74) is 17.9. The lowest BCUT2D eigenvalue weighted by atomic mass is 9.81. The maximum Gasteiger partial charge on any atom is 0.160 e. The highest BCUT2D eigenvalue weighted by Crippen LogP contribution is 2.51. The van der Waals surface area contributed by atoms with Gasteiger partial charge in [0, 0.05) is 32.9 Å². The first-order valence-corrected chi connectivity index (χ1v) is 20.4. The molecule has 0 spiro atoms. The topological polar surface area (TPSA) is 56.5 Å². The molecule has 280 valence electrons. The van der Waals surface area contributed by atoms with E-state index in [1.807, 2.05) is 30.3 Å². The highest BCUT2D eigenvalue weighted by molar-refractivity contribution is 6.18. The first-order chi connectivity index (χ1) is 28.7. The highest BCUT2D eigenvalue weighted by Gasteiger charge is 2.37. The van der Waals surface area contributed by atoms with E-state index in [1.54, 1.807) is 4.80 Å². The summed E-state index contributed by atoms with van der Waals surface area (Å²) in [6.45, 7) is 9.32. The van der Waals surface area contributed by atoms with Gasteiger partial charge in [-0.3, -0.25) is 0 Å². The van der Waals surface area contributed by atoms with Crippen molar-refractivity contribution in [1.29, 1.82) is 0 Å². The van der Waals surface area contributed by atoms with Gasteiger partial charge in [0.05, 0.1) is 17.1 Å². The van der Waals surface area contributed by atoms with Gasteiger partial charge >= 0.3 is 0 Å². The third-order valence-electron chi connectivity index (χ3n) is 13.1. The van der Waals surface area contributed by atoms with E-state index in [-0.39, 0.29) is 10.8 Å². The summed E-state index contributed by atoms with van der Waals surface area (Å²) in [7, 11) is 0. The minimum Gasteiger partial charge on any atom is -0.228 e. The molecule has 0 N–H and O–H groups in total. The molecule has 8 aromatic carbocycles. The number of hydrogen-bond acceptors (Lipinski definition) is 4. The van der Waals surface area contributed by atoms with Crippen molar-refractivity contribution in [2.24, 2.45) is 0 Å². The minimum absolute atomic E-state index is 0.125. The average Bonchev–Trinajstić information content (AvgIpc) is 3.89. The van der Waals surface area contributed by atoms with Crippen molar-refractivity contribution in [2.45, 2.75) is 38.5 Å². The first-order valence-electron chi connectivity index (χ1n) is 20.4. The largest absolute Gasteiger partial charge is 0.228 e. The molecule has 2 aromatic heterocycles. The van der Waals surface area contributed by atoms with Crippen LogP contribution in [0, 0.1) is 0 Å². The van der Waals surface area contributed by atoms with E-state index in [1.165, 1.54) is 44.5 Å². The molecule has 0 radical (unpaired) electrons. The molecule has 12 rings (SSSR count). The van der Waals surface area contributed by atoms with Crippen LogP contribution in [0.15, 0.2) is 164 Å². The molecular weight excluding hydrogens is 719 g/mol. The molecule has 59 heavy (non-hydrogen) atoms. The highest BCUT2D eigenvalue weighted by atomic mass is 15.5. The van der Waals surface area contributed by atoms with Gasteiger partial charge in [-0.05, 0) is 103 Å². The zero-order valence-electron chi connectivity index (χ0n) is 33.3. The van der Waals surface area contributed by atoms with Gasteiger partial charge < -0.3 is 0 Å². The van der Waals surface area contributed by atoms with Gasteiger partial charge in [-0.2, -0.15) is 4.80 Å². The van der Waals surface area contributed by atoms with Crippen LogP contribution in [0.5, 0.6) is 0 Å². The third kappa shape index (κ3) is 4.97. The van der Waals surface area contributed by atoms with Crippen LogP contribution in [0.1, 0.15) is 49.9 Å². The molecule has 0 amide bonds.